The quantitative estimate of drug-likeness (QED) is 0.617. The van der Waals surface area contributed by atoms with Crippen molar-refractivity contribution < 1.29 is 0 Å². The van der Waals surface area contributed by atoms with E-state index >= 15 is 0 Å². The Kier molecular flexibility index (Phi) is 5.51. The smallest absolute Gasteiger partial charge is 0.135 e. The van der Waals surface area contributed by atoms with E-state index < -0.39 is 0 Å². The van der Waals surface area contributed by atoms with Crippen LogP contribution in [-0.2, 0) is 13.0 Å². The van der Waals surface area contributed by atoms with Gasteiger partial charge in [0.05, 0.1) is 17.1 Å². The number of nitrogens with zero attached hydrogens (tertiary/aromatic N) is 3. The molecule has 0 saturated carbocycles. The largest absolute Gasteiger partial charge is 0.383 e. The SMILES string of the molecule is CCCc1nc(CN2CCN(CC)CC2)sc1C(=N)N. The van der Waals surface area contributed by atoms with Gasteiger partial charge < -0.3 is 10.6 Å². The van der Waals surface area contributed by atoms with Gasteiger partial charge in [-0.25, -0.2) is 4.98 Å². The van der Waals surface area contributed by atoms with Gasteiger partial charge >= 0.3 is 0 Å². The third-order valence-electron chi connectivity index (χ3n) is 3.74. The summed E-state index contributed by atoms with van der Waals surface area (Å²) in [5.74, 6) is 0.160. The van der Waals surface area contributed by atoms with Crippen LogP contribution in [0.15, 0.2) is 0 Å². The lowest BCUT2D eigenvalue weighted by molar-refractivity contribution is 0.132. The van der Waals surface area contributed by atoms with E-state index in [4.69, 9.17) is 16.1 Å². The summed E-state index contributed by atoms with van der Waals surface area (Å²) in [6.45, 7) is 10.9. The molecule has 1 fully saturated rings. The molecule has 20 heavy (non-hydrogen) atoms. The number of nitrogens with one attached hydrogen (secondary N) is 1. The van der Waals surface area contributed by atoms with Crippen molar-refractivity contribution in [2.24, 2.45) is 5.73 Å². The summed E-state index contributed by atoms with van der Waals surface area (Å²) in [6, 6.07) is 0. The summed E-state index contributed by atoms with van der Waals surface area (Å²) >= 11 is 1.59. The van der Waals surface area contributed by atoms with Gasteiger partial charge in [0.15, 0.2) is 0 Å². The molecule has 0 atom stereocenters. The molecule has 0 aliphatic carbocycles. The minimum Gasteiger partial charge on any atom is -0.383 e. The van der Waals surface area contributed by atoms with Gasteiger partial charge in [0, 0.05) is 26.2 Å². The van der Waals surface area contributed by atoms with Crippen molar-refractivity contribution in [2.75, 3.05) is 32.7 Å². The number of hydrogen-bond donors (Lipinski definition) is 2. The van der Waals surface area contributed by atoms with Crippen molar-refractivity contribution in [3.63, 3.8) is 0 Å². The topological polar surface area (TPSA) is 69.2 Å². The molecular formula is C14H25N5S. The number of piperazine rings is 1. The molecule has 1 aromatic rings. The van der Waals surface area contributed by atoms with Crippen LogP contribution in [0, 0.1) is 5.41 Å². The Morgan fingerprint density at radius 3 is 2.45 bits per heavy atom. The van der Waals surface area contributed by atoms with Crippen LogP contribution >= 0.6 is 11.3 Å². The minimum atomic E-state index is 0.160. The van der Waals surface area contributed by atoms with Gasteiger partial charge in [0.25, 0.3) is 0 Å². The van der Waals surface area contributed by atoms with E-state index in [1.54, 1.807) is 11.3 Å². The highest BCUT2D eigenvalue weighted by atomic mass is 32.1. The zero-order valence-electron chi connectivity index (χ0n) is 12.5. The molecule has 0 bridgehead atoms. The Labute approximate surface area is 125 Å². The molecule has 3 N–H and O–H groups in total. The molecule has 2 rings (SSSR count). The average molecular weight is 295 g/mol. The highest BCUT2D eigenvalue weighted by Gasteiger charge is 2.19. The van der Waals surface area contributed by atoms with Gasteiger partial charge in [-0.2, -0.15) is 0 Å². The number of nitrogens with two attached hydrogens (primary N) is 1. The van der Waals surface area contributed by atoms with Crippen LogP contribution in [0.1, 0.15) is 35.8 Å². The van der Waals surface area contributed by atoms with E-state index in [1.165, 1.54) is 0 Å². The Hall–Kier alpha value is -0.980. The number of aromatic nitrogens is 1. The number of amidine groups is 1. The first-order valence-electron chi connectivity index (χ1n) is 7.41. The van der Waals surface area contributed by atoms with Crippen molar-refractivity contribution in [2.45, 2.75) is 33.2 Å². The second-order valence-corrected chi connectivity index (χ2v) is 6.34. The summed E-state index contributed by atoms with van der Waals surface area (Å²) in [4.78, 5) is 10.5. The van der Waals surface area contributed by atoms with Crippen molar-refractivity contribution in [1.82, 2.24) is 14.8 Å². The third kappa shape index (κ3) is 3.77. The normalized spacial score (nSPS) is 17.5. The first-order valence-corrected chi connectivity index (χ1v) is 8.23. The summed E-state index contributed by atoms with van der Waals surface area (Å²) in [6.07, 6.45) is 1.95. The van der Waals surface area contributed by atoms with Gasteiger partial charge in [-0.05, 0) is 13.0 Å². The van der Waals surface area contributed by atoms with Crippen molar-refractivity contribution in [3.8, 4) is 0 Å². The zero-order valence-corrected chi connectivity index (χ0v) is 13.3. The molecule has 5 nitrogen and oxygen atoms in total. The van der Waals surface area contributed by atoms with E-state index in [1.807, 2.05) is 0 Å². The molecule has 1 aliphatic heterocycles. The fourth-order valence-electron chi connectivity index (χ4n) is 2.54. The van der Waals surface area contributed by atoms with Crippen molar-refractivity contribution >= 4 is 17.2 Å². The number of nitrogen functional groups attached to an aromatic ring is 1. The maximum Gasteiger partial charge on any atom is 0.135 e. The minimum absolute atomic E-state index is 0.160. The lowest BCUT2D eigenvalue weighted by Crippen LogP contribution is -2.45. The summed E-state index contributed by atoms with van der Waals surface area (Å²) < 4.78 is 0. The Balaban J connectivity index is 1.99. The molecule has 1 aromatic heterocycles. The molecule has 112 valence electrons. The maximum absolute atomic E-state index is 7.67. The standard InChI is InChI=1S/C14H25N5S/c1-3-5-11-13(14(15)16)20-12(17-11)10-19-8-6-18(4-2)7-9-19/h3-10H2,1-2H3,(H3,15,16). The number of aryl methyl sites for hydroxylation is 1. The first kappa shape index (κ1) is 15.4. The molecule has 0 amide bonds. The summed E-state index contributed by atoms with van der Waals surface area (Å²) in [7, 11) is 0. The molecule has 1 saturated heterocycles. The van der Waals surface area contributed by atoms with E-state index in [2.05, 4.69) is 23.6 Å². The van der Waals surface area contributed by atoms with Crippen LogP contribution in [-0.4, -0.2) is 53.3 Å². The fraction of sp³-hybridized carbons (Fsp3) is 0.714. The first-order chi connectivity index (χ1) is 9.63. The van der Waals surface area contributed by atoms with E-state index in [-0.39, 0.29) is 5.84 Å². The molecule has 2 heterocycles. The number of thiazole rings is 1. The zero-order chi connectivity index (χ0) is 14.5. The van der Waals surface area contributed by atoms with E-state index in [0.717, 1.165) is 67.7 Å². The molecule has 0 radical (unpaired) electrons. The summed E-state index contributed by atoms with van der Waals surface area (Å²) in [5, 5.41) is 8.77. The van der Waals surface area contributed by atoms with Gasteiger partial charge in [-0.15, -0.1) is 11.3 Å². The van der Waals surface area contributed by atoms with Gasteiger partial charge in [-0.1, -0.05) is 20.3 Å². The highest BCUT2D eigenvalue weighted by molar-refractivity contribution is 7.13. The summed E-state index contributed by atoms with van der Waals surface area (Å²) in [5.41, 5.74) is 6.67. The van der Waals surface area contributed by atoms with Crippen LogP contribution in [0.5, 0.6) is 0 Å². The van der Waals surface area contributed by atoms with Crippen LogP contribution in [0.2, 0.25) is 0 Å². The van der Waals surface area contributed by atoms with Gasteiger partial charge in [0.1, 0.15) is 10.8 Å². The van der Waals surface area contributed by atoms with Crippen molar-refractivity contribution in [3.05, 3.63) is 15.6 Å². The van der Waals surface area contributed by atoms with Crippen LogP contribution in [0.3, 0.4) is 0 Å². The predicted octanol–water partition coefficient (Wildman–Crippen LogP) is 1.52. The molecule has 1 aliphatic rings. The monoisotopic (exact) mass is 295 g/mol. The maximum atomic E-state index is 7.67. The molecule has 0 unspecified atom stereocenters. The van der Waals surface area contributed by atoms with Crippen LogP contribution < -0.4 is 5.73 Å². The molecule has 0 spiro atoms. The predicted molar refractivity (Wildman–Crippen MR) is 84.5 cm³/mol. The lowest BCUT2D eigenvalue weighted by Gasteiger charge is -2.33. The second-order valence-electron chi connectivity index (χ2n) is 5.26. The number of rotatable bonds is 6. The fourth-order valence-corrected chi connectivity index (χ4v) is 3.55. The Bertz CT molecular complexity index is 448. The van der Waals surface area contributed by atoms with Gasteiger partial charge in [0.2, 0.25) is 0 Å². The molecular weight excluding hydrogens is 270 g/mol. The number of likely N-dealkylation sites (N-methyl/N-ethyl adjacent to an activating group) is 1. The van der Waals surface area contributed by atoms with E-state index in [9.17, 15) is 0 Å². The van der Waals surface area contributed by atoms with Crippen molar-refractivity contribution in [1.29, 1.82) is 5.41 Å². The second kappa shape index (κ2) is 7.15. The Morgan fingerprint density at radius 2 is 1.90 bits per heavy atom. The van der Waals surface area contributed by atoms with Crippen LogP contribution in [0.25, 0.3) is 0 Å². The van der Waals surface area contributed by atoms with Gasteiger partial charge in [-0.3, -0.25) is 10.3 Å². The van der Waals surface area contributed by atoms with E-state index in [0.29, 0.717) is 0 Å². The highest BCUT2D eigenvalue weighted by Crippen LogP contribution is 2.21. The lowest BCUT2D eigenvalue weighted by atomic mass is 10.2. The number of hydrogen-bond acceptors (Lipinski definition) is 5. The molecule has 0 aromatic carbocycles. The average Bonchev–Trinajstić information content (AvgIpc) is 2.83. The Morgan fingerprint density at radius 1 is 1.25 bits per heavy atom. The van der Waals surface area contributed by atoms with Crippen LogP contribution in [0.4, 0.5) is 0 Å². The third-order valence-corrected chi connectivity index (χ3v) is 4.86. The molecule has 6 heteroatoms.